The lowest BCUT2D eigenvalue weighted by atomic mass is 10.0. The van der Waals surface area contributed by atoms with Gasteiger partial charge in [-0.1, -0.05) is 36.4 Å². The third-order valence-corrected chi connectivity index (χ3v) is 7.04. The van der Waals surface area contributed by atoms with Gasteiger partial charge in [0.1, 0.15) is 5.54 Å². The van der Waals surface area contributed by atoms with Gasteiger partial charge in [-0.05, 0) is 25.3 Å². The fraction of sp³-hybridized carbons (Fsp3) is 0.421. The highest BCUT2D eigenvalue weighted by atomic mass is 32.2. The standard InChI is InChI=1S/C19H24N2O4S/c1-19(2,18(22)25-3)20-11-13-21(14-12-20)26(23,24)17-10-6-8-15-7-4-5-9-16(15)17/h4-10H,11-14H2,1-3H3. The molecule has 2 aromatic rings. The van der Waals surface area contributed by atoms with Gasteiger partial charge in [-0.15, -0.1) is 0 Å². The molecule has 0 amide bonds. The lowest BCUT2D eigenvalue weighted by Gasteiger charge is -2.41. The summed E-state index contributed by atoms with van der Waals surface area (Å²) in [7, 11) is -2.23. The second-order valence-electron chi connectivity index (χ2n) is 6.92. The molecule has 0 bridgehead atoms. The predicted octanol–water partition coefficient (Wildman–Crippen LogP) is 2.10. The molecule has 0 spiro atoms. The van der Waals surface area contributed by atoms with Gasteiger partial charge in [-0.2, -0.15) is 4.31 Å². The van der Waals surface area contributed by atoms with Gasteiger partial charge >= 0.3 is 5.97 Å². The Morgan fingerprint density at radius 2 is 1.62 bits per heavy atom. The molecule has 1 saturated heterocycles. The first-order valence-corrected chi connectivity index (χ1v) is 10.0. The van der Waals surface area contributed by atoms with E-state index in [-0.39, 0.29) is 5.97 Å². The van der Waals surface area contributed by atoms with Crippen LogP contribution in [0.15, 0.2) is 47.4 Å². The lowest BCUT2D eigenvalue weighted by Crippen LogP contribution is -2.58. The van der Waals surface area contributed by atoms with Crippen LogP contribution < -0.4 is 0 Å². The van der Waals surface area contributed by atoms with Crippen LogP contribution in [0.5, 0.6) is 0 Å². The number of sulfonamides is 1. The summed E-state index contributed by atoms with van der Waals surface area (Å²) >= 11 is 0. The van der Waals surface area contributed by atoms with Crippen LogP contribution in [0, 0.1) is 0 Å². The van der Waals surface area contributed by atoms with Crippen molar-refractivity contribution in [2.24, 2.45) is 0 Å². The lowest BCUT2D eigenvalue weighted by molar-refractivity contribution is -0.154. The van der Waals surface area contributed by atoms with Gasteiger partial charge in [-0.25, -0.2) is 8.42 Å². The summed E-state index contributed by atoms with van der Waals surface area (Å²) in [6.07, 6.45) is 0. The highest BCUT2D eigenvalue weighted by Gasteiger charge is 2.39. The number of piperazine rings is 1. The van der Waals surface area contributed by atoms with E-state index in [1.165, 1.54) is 11.4 Å². The zero-order chi connectivity index (χ0) is 18.9. The quantitative estimate of drug-likeness (QED) is 0.765. The number of carbonyl (C=O) groups excluding carboxylic acids is 1. The minimum atomic E-state index is -3.59. The molecular formula is C19H24N2O4S. The van der Waals surface area contributed by atoms with Gasteiger partial charge in [0.25, 0.3) is 0 Å². The third kappa shape index (κ3) is 3.22. The highest BCUT2D eigenvalue weighted by Crippen LogP contribution is 2.27. The Kier molecular flexibility index (Phi) is 5.05. The van der Waals surface area contributed by atoms with E-state index in [0.29, 0.717) is 31.1 Å². The minimum Gasteiger partial charge on any atom is -0.468 e. The van der Waals surface area contributed by atoms with Gasteiger partial charge in [0.05, 0.1) is 12.0 Å². The van der Waals surface area contributed by atoms with Crippen molar-refractivity contribution in [2.75, 3.05) is 33.3 Å². The molecule has 0 saturated carbocycles. The van der Waals surface area contributed by atoms with E-state index in [2.05, 4.69) is 0 Å². The fourth-order valence-corrected chi connectivity index (χ4v) is 5.06. The average molecular weight is 376 g/mol. The smallest absolute Gasteiger partial charge is 0.325 e. The van der Waals surface area contributed by atoms with Crippen LogP contribution in [0.25, 0.3) is 10.8 Å². The molecule has 140 valence electrons. The number of carbonyl (C=O) groups is 1. The summed E-state index contributed by atoms with van der Waals surface area (Å²) < 4.78 is 32.7. The van der Waals surface area contributed by atoms with Gasteiger partial charge in [0.15, 0.2) is 0 Å². The number of hydrogen-bond acceptors (Lipinski definition) is 5. The van der Waals surface area contributed by atoms with Crippen molar-refractivity contribution < 1.29 is 17.9 Å². The summed E-state index contributed by atoms with van der Waals surface area (Å²) in [5.41, 5.74) is -0.774. The molecule has 0 unspecified atom stereocenters. The number of benzene rings is 2. The van der Waals surface area contributed by atoms with Gasteiger partial charge < -0.3 is 4.74 Å². The molecular weight excluding hydrogens is 352 g/mol. The third-order valence-electron chi connectivity index (χ3n) is 5.08. The van der Waals surface area contributed by atoms with Crippen molar-refractivity contribution in [2.45, 2.75) is 24.3 Å². The topological polar surface area (TPSA) is 66.9 Å². The van der Waals surface area contributed by atoms with E-state index in [1.54, 1.807) is 26.0 Å². The Bertz CT molecular complexity index is 911. The molecule has 7 heteroatoms. The van der Waals surface area contributed by atoms with Crippen LogP contribution in [0.1, 0.15) is 13.8 Å². The summed E-state index contributed by atoms with van der Waals surface area (Å²) in [4.78, 5) is 14.3. The fourth-order valence-electron chi connectivity index (χ4n) is 3.43. The van der Waals surface area contributed by atoms with Crippen molar-refractivity contribution in [3.05, 3.63) is 42.5 Å². The van der Waals surface area contributed by atoms with Gasteiger partial charge in [0, 0.05) is 31.6 Å². The minimum absolute atomic E-state index is 0.317. The first-order valence-electron chi connectivity index (χ1n) is 8.60. The Balaban J connectivity index is 1.83. The molecule has 6 nitrogen and oxygen atoms in total. The predicted molar refractivity (Wildman–Crippen MR) is 100 cm³/mol. The number of hydrogen-bond donors (Lipinski definition) is 0. The largest absolute Gasteiger partial charge is 0.468 e. The molecule has 0 radical (unpaired) electrons. The number of rotatable bonds is 4. The van der Waals surface area contributed by atoms with E-state index in [1.807, 2.05) is 35.2 Å². The maximum atomic E-state index is 13.2. The monoisotopic (exact) mass is 376 g/mol. The number of esters is 1. The molecule has 26 heavy (non-hydrogen) atoms. The Morgan fingerprint density at radius 3 is 2.27 bits per heavy atom. The van der Waals surface area contributed by atoms with Crippen molar-refractivity contribution in [3.63, 3.8) is 0 Å². The molecule has 3 rings (SSSR count). The Morgan fingerprint density at radius 1 is 1.00 bits per heavy atom. The molecule has 1 heterocycles. The number of nitrogens with zero attached hydrogens (tertiary/aromatic N) is 2. The Labute approximate surface area is 154 Å². The Hall–Kier alpha value is -1.96. The molecule has 0 N–H and O–H groups in total. The van der Waals surface area contributed by atoms with E-state index in [0.717, 1.165) is 10.8 Å². The van der Waals surface area contributed by atoms with Crippen molar-refractivity contribution in [3.8, 4) is 0 Å². The van der Waals surface area contributed by atoms with E-state index >= 15 is 0 Å². The maximum absolute atomic E-state index is 13.2. The molecule has 0 aliphatic carbocycles. The second kappa shape index (κ2) is 6.98. The maximum Gasteiger partial charge on any atom is 0.325 e. The molecule has 0 aromatic heterocycles. The molecule has 2 aromatic carbocycles. The zero-order valence-electron chi connectivity index (χ0n) is 15.3. The molecule has 1 aliphatic rings. The normalized spacial score (nSPS) is 17.3. The summed E-state index contributed by atoms with van der Waals surface area (Å²) in [5.74, 6) is -0.317. The summed E-state index contributed by atoms with van der Waals surface area (Å²) in [6.45, 7) is 5.23. The average Bonchev–Trinajstić information content (AvgIpc) is 2.66. The van der Waals surface area contributed by atoms with Gasteiger partial charge in [-0.3, -0.25) is 9.69 Å². The SMILES string of the molecule is COC(=O)C(C)(C)N1CCN(S(=O)(=O)c2cccc3ccccc23)CC1. The van der Waals surface area contributed by atoms with Crippen molar-refractivity contribution >= 4 is 26.8 Å². The van der Waals surface area contributed by atoms with E-state index < -0.39 is 15.6 Å². The van der Waals surface area contributed by atoms with Crippen LogP contribution in [-0.4, -0.2) is 62.4 Å². The van der Waals surface area contributed by atoms with Crippen LogP contribution >= 0.6 is 0 Å². The summed E-state index contributed by atoms with van der Waals surface area (Å²) in [6, 6.07) is 12.8. The first-order chi connectivity index (χ1) is 12.3. The number of methoxy groups -OCH3 is 1. The van der Waals surface area contributed by atoms with Gasteiger partial charge in [0.2, 0.25) is 10.0 Å². The highest BCUT2D eigenvalue weighted by molar-refractivity contribution is 7.89. The van der Waals surface area contributed by atoms with Crippen LogP contribution in [0.4, 0.5) is 0 Å². The number of fused-ring (bicyclic) bond motifs is 1. The first kappa shape index (κ1) is 18.8. The van der Waals surface area contributed by atoms with Crippen molar-refractivity contribution in [1.29, 1.82) is 0 Å². The zero-order valence-corrected chi connectivity index (χ0v) is 16.1. The molecule has 1 aliphatic heterocycles. The number of ether oxygens (including phenoxy) is 1. The van der Waals surface area contributed by atoms with E-state index in [9.17, 15) is 13.2 Å². The second-order valence-corrected chi connectivity index (χ2v) is 8.83. The van der Waals surface area contributed by atoms with Crippen molar-refractivity contribution in [1.82, 2.24) is 9.21 Å². The van der Waals surface area contributed by atoms with E-state index in [4.69, 9.17) is 4.74 Å². The molecule has 1 fully saturated rings. The molecule has 0 atom stereocenters. The summed E-state index contributed by atoms with van der Waals surface area (Å²) in [5, 5.41) is 1.63. The van der Waals surface area contributed by atoms with Crippen LogP contribution in [0.3, 0.4) is 0 Å². The van der Waals surface area contributed by atoms with Crippen LogP contribution in [0.2, 0.25) is 0 Å². The van der Waals surface area contributed by atoms with Crippen LogP contribution in [-0.2, 0) is 19.6 Å².